The summed E-state index contributed by atoms with van der Waals surface area (Å²) in [6, 6.07) is 12.1. The quantitative estimate of drug-likeness (QED) is 0.351. The molecule has 0 atom stereocenters. The van der Waals surface area contributed by atoms with Crippen LogP contribution in [0.1, 0.15) is 65.2 Å². The van der Waals surface area contributed by atoms with Gasteiger partial charge in [-0.15, -0.1) is 0 Å². The molecule has 9 heteroatoms. The van der Waals surface area contributed by atoms with Gasteiger partial charge in [0, 0.05) is 31.6 Å². The minimum absolute atomic E-state index is 0.0182. The van der Waals surface area contributed by atoms with Gasteiger partial charge in [-0.1, -0.05) is 51.1 Å². The summed E-state index contributed by atoms with van der Waals surface area (Å²) in [7, 11) is -3.57. The Morgan fingerprint density at radius 3 is 1.76 bits per heavy atom. The fourth-order valence-corrected chi connectivity index (χ4v) is 4.75. The van der Waals surface area contributed by atoms with Crippen LogP contribution in [0.25, 0.3) is 6.08 Å². The number of sulfone groups is 1. The van der Waals surface area contributed by atoms with E-state index < -0.39 is 22.0 Å². The van der Waals surface area contributed by atoms with Gasteiger partial charge >= 0.3 is 12.2 Å². The van der Waals surface area contributed by atoms with Crippen LogP contribution in [0.2, 0.25) is 0 Å². The van der Waals surface area contributed by atoms with Crippen LogP contribution >= 0.6 is 0 Å². The normalized spacial score (nSPS) is 11.9. The van der Waals surface area contributed by atoms with E-state index in [4.69, 9.17) is 9.47 Å². The third-order valence-electron chi connectivity index (χ3n) is 6.06. The first-order valence-electron chi connectivity index (χ1n) is 12.9. The molecule has 2 aromatic rings. The van der Waals surface area contributed by atoms with Crippen molar-refractivity contribution in [2.24, 2.45) is 0 Å². The van der Waals surface area contributed by atoms with Gasteiger partial charge in [-0.25, -0.2) is 18.0 Å². The zero-order valence-electron chi connectivity index (χ0n) is 23.5. The zero-order chi connectivity index (χ0) is 28.5. The van der Waals surface area contributed by atoms with Gasteiger partial charge in [-0.3, -0.25) is 0 Å². The van der Waals surface area contributed by atoms with Crippen molar-refractivity contribution >= 4 is 28.1 Å². The summed E-state index contributed by atoms with van der Waals surface area (Å²) in [6.07, 6.45) is 0.268. The molecule has 0 aliphatic carbocycles. The third-order valence-corrected chi connectivity index (χ3v) is 7.35. The fourth-order valence-electron chi connectivity index (χ4n) is 3.64. The van der Waals surface area contributed by atoms with E-state index in [0.29, 0.717) is 37.3 Å². The van der Waals surface area contributed by atoms with Gasteiger partial charge in [0.25, 0.3) is 0 Å². The van der Waals surface area contributed by atoms with E-state index in [2.05, 4.69) is 20.8 Å². The van der Waals surface area contributed by atoms with Crippen LogP contribution in [0.4, 0.5) is 9.59 Å². The van der Waals surface area contributed by atoms with E-state index in [-0.39, 0.29) is 22.7 Å². The number of hydrogen-bond acceptors (Lipinski definition) is 6. The standard InChI is InChI=1S/C29H40N2O6S/c1-8-30(9-2)27(32)36-25-17-14-22(20-26(25)37-28(33)31(10-3)11-4)18-19-38(34,35)21-23-12-15-24(16-13-23)29(5,6)7/h12-20H,8-11,21H2,1-7H3/b19-18+. The maximum atomic E-state index is 12.8. The molecule has 0 spiro atoms. The summed E-state index contributed by atoms with van der Waals surface area (Å²) < 4.78 is 36.6. The molecule has 0 unspecified atom stereocenters. The van der Waals surface area contributed by atoms with Crippen molar-refractivity contribution in [2.75, 3.05) is 26.2 Å². The predicted molar refractivity (Wildman–Crippen MR) is 151 cm³/mol. The second-order valence-electron chi connectivity index (χ2n) is 9.84. The Kier molecular flexibility index (Phi) is 10.9. The molecule has 0 heterocycles. The SMILES string of the molecule is CCN(CC)C(=O)Oc1ccc(/C=C/S(=O)(=O)Cc2ccc(C(C)(C)C)cc2)cc1OC(=O)N(CC)CC. The number of ether oxygens (including phenoxy) is 2. The van der Waals surface area contributed by atoms with Gasteiger partial charge in [0.15, 0.2) is 21.3 Å². The number of benzene rings is 2. The second kappa shape index (κ2) is 13.5. The molecule has 0 radical (unpaired) electrons. The van der Waals surface area contributed by atoms with E-state index in [1.807, 2.05) is 52.0 Å². The zero-order valence-corrected chi connectivity index (χ0v) is 24.3. The summed E-state index contributed by atoms with van der Waals surface area (Å²) in [6.45, 7) is 15.4. The lowest BCUT2D eigenvalue weighted by atomic mass is 9.87. The summed E-state index contributed by atoms with van der Waals surface area (Å²) in [4.78, 5) is 28.1. The highest BCUT2D eigenvalue weighted by Gasteiger charge is 2.20. The average Bonchev–Trinajstić information content (AvgIpc) is 2.85. The lowest BCUT2D eigenvalue weighted by molar-refractivity contribution is 0.146. The molecule has 8 nitrogen and oxygen atoms in total. The monoisotopic (exact) mass is 544 g/mol. The molecule has 0 aliphatic rings. The van der Waals surface area contributed by atoms with Crippen LogP contribution in [0.3, 0.4) is 0 Å². The van der Waals surface area contributed by atoms with Crippen molar-refractivity contribution in [3.05, 3.63) is 64.6 Å². The van der Waals surface area contributed by atoms with Crippen LogP contribution in [-0.4, -0.2) is 56.6 Å². The molecule has 0 aromatic heterocycles. The van der Waals surface area contributed by atoms with Gasteiger partial charge in [0.05, 0.1) is 5.75 Å². The number of hydrogen-bond donors (Lipinski definition) is 0. The lowest BCUT2D eigenvalue weighted by Gasteiger charge is -2.21. The highest BCUT2D eigenvalue weighted by Crippen LogP contribution is 2.30. The molecular formula is C29H40N2O6S. The molecular weight excluding hydrogens is 504 g/mol. The molecule has 208 valence electrons. The Balaban J connectivity index is 2.30. The molecule has 2 aromatic carbocycles. The van der Waals surface area contributed by atoms with Crippen LogP contribution < -0.4 is 9.47 Å². The Morgan fingerprint density at radius 1 is 0.789 bits per heavy atom. The van der Waals surface area contributed by atoms with Gasteiger partial charge in [0.2, 0.25) is 0 Å². The summed E-state index contributed by atoms with van der Waals surface area (Å²) in [5.74, 6) is -0.0434. The molecule has 2 rings (SSSR count). The Labute approximate surface area is 227 Å². The van der Waals surface area contributed by atoms with Crippen LogP contribution in [0.5, 0.6) is 11.5 Å². The summed E-state index contributed by atoms with van der Waals surface area (Å²) in [5, 5.41) is 1.14. The Morgan fingerprint density at radius 2 is 1.29 bits per heavy atom. The molecule has 0 fully saturated rings. The highest BCUT2D eigenvalue weighted by molar-refractivity contribution is 7.93. The second-order valence-corrected chi connectivity index (χ2v) is 11.7. The Hall–Kier alpha value is -3.33. The summed E-state index contributed by atoms with van der Waals surface area (Å²) >= 11 is 0. The number of carbonyl (C=O) groups excluding carboxylic acids is 2. The largest absolute Gasteiger partial charge is 0.415 e. The van der Waals surface area contributed by atoms with Crippen molar-refractivity contribution in [1.82, 2.24) is 9.80 Å². The molecule has 0 bridgehead atoms. The molecule has 2 amide bonds. The maximum Gasteiger partial charge on any atom is 0.415 e. The van der Waals surface area contributed by atoms with E-state index in [1.54, 1.807) is 6.07 Å². The topological polar surface area (TPSA) is 93.2 Å². The third kappa shape index (κ3) is 8.90. The van der Waals surface area contributed by atoms with Crippen LogP contribution in [-0.2, 0) is 21.0 Å². The summed E-state index contributed by atoms with van der Waals surface area (Å²) in [5.41, 5.74) is 2.27. The highest BCUT2D eigenvalue weighted by atomic mass is 32.2. The van der Waals surface area contributed by atoms with Crippen LogP contribution in [0, 0.1) is 0 Å². The molecule has 0 N–H and O–H groups in total. The smallest absolute Gasteiger partial charge is 0.406 e. The van der Waals surface area contributed by atoms with Gasteiger partial charge in [-0.05, 0) is 68.0 Å². The molecule has 0 saturated carbocycles. The molecule has 0 saturated heterocycles. The first-order chi connectivity index (χ1) is 17.8. The van der Waals surface area contributed by atoms with E-state index in [9.17, 15) is 18.0 Å². The lowest BCUT2D eigenvalue weighted by Crippen LogP contribution is -2.34. The number of nitrogens with zero attached hydrogens (tertiary/aromatic N) is 2. The van der Waals surface area contributed by atoms with Gasteiger partial charge < -0.3 is 19.3 Å². The van der Waals surface area contributed by atoms with Crippen molar-refractivity contribution < 1.29 is 27.5 Å². The maximum absolute atomic E-state index is 12.8. The van der Waals surface area contributed by atoms with E-state index in [0.717, 1.165) is 11.0 Å². The van der Waals surface area contributed by atoms with Crippen LogP contribution in [0.15, 0.2) is 47.9 Å². The molecule has 38 heavy (non-hydrogen) atoms. The average molecular weight is 545 g/mol. The van der Waals surface area contributed by atoms with E-state index in [1.165, 1.54) is 28.0 Å². The van der Waals surface area contributed by atoms with Crippen molar-refractivity contribution in [1.29, 1.82) is 0 Å². The number of rotatable bonds is 10. The van der Waals surface area contributed by atoms with E-state index >= 15 is 0 Å². The fraction of sp³-hybridized carbons (Fsp3) is 0.448. The first kappa shape index (κ1) is 30.9. The number of carbonyl (C=O) groups is 2. The van der Waals surface area contributed by atoms with Gasteiger partial charge in [-0.2, -0.15) is 0 Å². The minimum Gasteiger partial charge on any atom is -0.406 e. The first-order valence-corrected chi connectivity index (χ1v) is 14.6. The van der Waals surface area contributed by atoms with Crippen molar-refractivity contribution in [2.45, 2.75) is 59.6 Å². The van der Waals surface area contributed by atoms with Gasteiger partial charge in [0.1, 0.15) is 0 Å². The number of amides is 2. The minimum atomic E-state index is -3.57. The predicted octanol–water partition coefficient (Wildman–Crippen LogP) is 6.25. The molecule has 0 aliphatic heterocycles. The van der Waals surface area contributed by atoms with Crippen molar-refractivity contribution in [3.63, 3.8) is 0 Å². The van der Waals surface area contributed by atoms with Crippen molar-refractivity contribution in [3.8, 4) is 11.5 Å². The Bertz CT molecular complexity index is 1220.